The van der Waals surface area contributed by atoms with Crippen LogP contribution < -0.4 is 9.47 Å². The first-order valence-corrected chi connectivity index (χ1v) is 6.16. The van der Waals surface area contributed by atoms with E-state index in [1.165, 1.54) is 26.4 Å². The zero-order valence-corrected chi connectivity index (χ0v) is 11.7. The van der Waals surface area contributed by atoms with Crippen LogP contribution in [0.1, 0.15) is 15.9 Å². The molecule has 0 saturated carbocycles. The first-order valence-electron chi connectivity index (χ1n) is 5.78. The van der Waals surface area contributed by atoms with E-state index in [2.05, 4.69) is 0 Å². The van der Waals surface area contributed by atoms with E-state index in [9.17, 15) is 9.18 Å². The predicted molar refractivity (Wildman–Crippen MR) is 74.4 cm³/mol. The Hall–Kier alpha value is -2.07. The average Bonchev–Trinajstić information content (AvgIpc) is 2.46. The molecule has 2 aromatic rings. The third-order valence-corrected chi connectivity index (χ3v) is 3.14. The molecule has 0 heterocycles. The molecule has 0 N–H and O–H groups in total. The average molecular weight is 295 g/mol. The topological polar surface area (TPSA) is 35.5 Å². The van der Waals surface area contributed by atoms with E-state index in [0.29, 0.717) is 17.1 Å². The second kappa shape index (κ2) is 5.92. The van der Waals surface area contributed by atoms with Gasteiger partial charge >= 0.3 is 0 Å². The van der Waals surface area contributed by atoms with Gasteiger partial charge in [-0.1, -0.05) is 11.6 Å². The summed E-state index contributed by atoms with van der Waals surface area (Å²) in [5.74, 6) is 0.112. The number of benzene rings is 2. The molecule has 5 heteroatoms. The summed E-state index contributed by atoms with van der Waals surface area (Å²) >= 11 is 5.90. The number of halogens is 2. The lowest BCUT2D eigenvalue weighted by atomic mass is 10.0. The molecule has 0 aliphatic heterocycles. The van der Waals surface area contributed by atoms with Crippen LogP contribution in [0.15, 0.2) is 36.4 Å². The Kier molecular flexibility index (Phi) is 4.25. The van der Waals surface area contributed by atoms with Crippen molar-refractivity contribution in [3.63, 3.8) is 0 Å². The van der Waals surface area contributed by atoms with Gasteiger partial charge in [0.25, 0.3) is 0 Å². The molecule has 0 unspecified atom stereocenters. The molecule has 0 radical (unpaired) electrons. The Labute approximate surface area is 120 Å². The molecule has 104 valence electrons. The fourth-order valence-corrected chi connectivity index (χ4v) is 2.06. The second-order valence-corrected chi connectivity index (χ2v) is 4.43. The Morgan fingerprint density at radius 1 is 1.05 bits per heavy atom. The van der Waals surface area contributed by atoms with E-state index in [1.54, 1.807) is 18.2 Å². The summed E-state index contributed by atoms with van der Waals surface area (Å²) in [5.41, 5.74) is 0.554. The molecule has 0 bridgehead atoms. The third-order valence-electron chi connectivity index (χ3n) is 2.83. The van der Waals surface area contributed by atoms with Gasteiger partial charge in [0.15, 0.2) is 5.78 Å². The maximum absolute atomic E-state index is 13.0. The number of ether oxygens (including phenoxy) is 2. The van der Waals surface area contributed by atoms with Gasteiger partial charge in [-0.3, -0.25) is 4.79 Å². The fourth-order valence-electron chi connectivity index (χ4n) is 1.80. The van der Waals surface area contributed by atoms with E-state index < -0.39 is 5.82 Å². The Morgan fingerprint density at radius 3 is 2.35 bits per heavy atom. The van der Waals surface area contributed by atoms with Crippen LogP contribution in [0.3, 0.4) is 0 Å². The molecular weight excluding hydrogens is 283 g/mol. The van der Waals surface area contributed by atoms with Crippen LogP contribution in [-0.4, -0.2) is 20.0 Å². The maximum Gasteiger partial charge on any atom is 0.198 e. The molecule has 0 amide bonds. The zero-order valence-electron chi connectivity index (χ0n) is 10.9. The molecule has 0 aliphatic carbocycles. The third kappa shape index (κ3) is 2.75. The van der Waals surface area contributed by atoms with Crippen LogP contribution in [-0.2, 0) is 0 Å². The predicted octanol–water partition coefficient (Wildman–Crippen LogP) is 3.73. The lowest BCUT2D eigenvalue weighted by Crippen LogP contribution is -2.05. The zero-order chi connectivity index (χ0) is 14.7. The van der Waals surface area contributed by atoms with Gasteiger partial charge in [-0.05, 0) is 30.3 Å². The van der Waals surface area contributed by atoms with Crippen LogP contribution in [0.5, 0.6) is 11.5 Å². The molecule has 2 rings (SSSR count). The van der Waals surface area contributed by atoms with Gasteiger partial charge < -0.3 is 9.47 Å². The van der Waals surface area contributed by atoms with Crippen LogP contribution >= 0.6 is 11.6 Å². The Balaban J connectivity index is 2.47. The molecule has 2 aromatic carbocycles. The molecule has 0 spiro atoms. The first kappa shape index (κ1) is 14.3. The highest BCUT2D eigenvalue weighted by Crippen LogP contribution is 2.29. The summed E-state index contributed by atoms with van der Waals surface area (Å²) in [6.07, 6.45) is 0. The van der Waals surface area contributed by atoms with E-state index in [4.69, 9.17) is 21.1 Å². The Bertz CT molecular complexity index is 656. The quantitative estimate of drug-likeness (QED) is 0.806. The lowest BCUT2D eigenvalue weighted by Gasteiger charge is -2.10. The number of ketones is 1. The van der Waals surface area contributed by atoms with Crippen molar-refractivity contribution in [1.29, 1.82) is 0 Å². The largest absolute Gasteiger partial charge is 0.497 e. The smallest absolute Gasteiger partial charge is 0.198 e. The van der Waals surface area contributed by atoms with Crippen molar-refractivity contribution in [3.05, 3.63) is 58.4 Å². The number of hydrogen-bond donors (Lipinski definition) is 0. The fraction of sp³-hybridized carbons (Fsp3) is 0.133. The van der Waals surface area contributed by atoms with Gasteiger partial charge in [0.1, 0.15) is 17.3 Å². The summed E-state index contributed by atoms with van der Waals surface area (Å²) < 4.78 is 23.3. The normalized spacial score (nSPS) is 10.2. The standard InChI is InChI=1S/C15H12ClFO3/c1-19-10-4-6-12(14(8-10)20-2)15(18)11-5-3-9(17)7-13(11)16/h3-8H,1-2H3. The number of methoxy groups -OCH3 is 2. The number of carbonyl (C=O) groups excluding carboxylic acids is 1. The number of rotatable bonds is 4. The van der Waals surface area contributed by atoms with Gasteiger partial charge in [0.05, 0.1) is 24.8 Å². The van der Waals surface area contributed by atoms with Crippen molar-refractivity contribution in [1.82, 2.24) is 0 Å². The Morgan fingerprint density at radius 2 is 1.75 bits per heavy atom. The lowest BCUT2D eigenvalue weighted by molar-refractivity contribution is 0.103. The molecular formula is C15H12ClFO3. The summed E-state index contributed by atoms with van der Waals surface area (Å²) in [7, 11) is 2.98. The SMILES string of the molecule is COc1ccc(C(=O)c2ccc(F)cc2Cl)c(OC)c1. The molecule has 0 aliphatic rings. The van der Waals surface area contributed by atoms with Gasteiger partial charge in [-0.15, -0.1) is 0 Å². The molecule has 20 heavy (non-hydrogen) atoms. The minimum absolute atomic E-state index is 0.0628. The summed E-state index contributed by atoms with van der Waals surface area (Å²) in [6.45, 7) is 0. The van der Waals surface area contributed by atoms with E-state index in [1.807, 2.05) is 0 Å². The van der Waals surface area contributed by atoms with E-state index >= 15 is 0 Å². The highest BCUT2D eigenvalue weighted by atomic mass is 35.5. The van der Waals surface area contributed by atoms with Crippen molar-refractivity contribution >= 4 is 17.4 Å². The van der Waals surface area contributed by atoms with Crippen LogP contribution in [0.25, 0.3) is 0 Å². The van der Waals surface area contributed by atoms with Crippen LogP contribution in [0, 0.1) is 5.82 Å². The van der Waals surface area contributed by atoms with Crippen molar-refractivity contribution in [2.45, 2.75) is 0 Å². The van der Waals surface area contributed by atoms with Gasteiger partial charge in [0.2, 0.25) is 0 Å². The van der Waals surface area contributed by atoms with Crippen molar-refractivity contribution in [2.24, 2.45) is 0 Å². The first-order chi connectivity index (χ1) is 9.56. The van der Waals surface area contributed by atoms with Crippen LogP contribution in [0.2, 0.25) is 5.02 Å². The monoisotopic (exact) mass is 294 g/mol. The van der Waals surface area contributed by atoms with Gasteiger partial charge in [0, 0.05) is 11.6 Å². The minimum Gasteiger partial charge on any atom is -0.497 e. The summed E-state index contributed by atoms with van der Waals surface area (Å²) in [4.78, 5) is 12.4. The maximum atomic E-state index is 13.0. The van der Waals surface area contributed by atoms with Crippen molar-refractivity contribution < 1.29 is 18.7 Å². The molecule has 3 nitrogen and oxygen atoms in total. The summed E-state index contributed by atoms with van der Waals surface area (Å²) in [6, 6.07) is 8.47. The highest BCUT2D eigenvalue weighted by Gasteiger charge is 2.18. The van der Waals surface area contributed by atoms with E-state index in [-0.39, 0.29) is 16.4 Å². The van der Waals surface area contributed by atoms with Gasteiger partial charge in [-0.2, -0.15) is 0 Å². The van der Waals surface area contributed by atoms with Crippen molar-refractivity contribution in [2.75, 3.05) is 14.2 Å². The minimum atomic E-state index is -0.492. The van der Waals surface area contributed by atoms with Gasteiger partial charge in [-0.25, -0.2) is 4.39 Å². The molecule has 0 fully saturated rings. The molecule has 0 aromatic heterocycles. The van der Waals surface area contributed by atoms with Crippen molar-refractivity contribution in [3.8, 4) is 11.5 Å². The highest BCUT2D eigenvalue weighted by molar-refractivity contribution is 6.35. The number of hydrogen-bond acceptors (Lipinski definition) is 3. The van der Waals surface area contributed by atoms with E-state index in [0.717, 1.165) is 6.07 Å². The molecule has 0 saturated heterocycles. The number of carbonyl (C=O) groups is 1. The second-order valence-electron chi connectivity index (χ2n) is 4.02. The molecule has 0 atom stereocenters. The summed E-state index contributed by atoms with van der Waals surface area (Å²) in [5, 5.41) is 0.0628. The van der Waals surface area contributed by atoms with Crippen LogP contribution in [0.4, 0.5) is 4.39 Å².